The predicted molar refractivity (Wildman–Crippen MR) is 198 cm³/mol. The molecule has 0 radical (unpaired) electrons. The highest BCUT2D eigenvalue weighted by atomic mass is 19.1. The summed E-state index contributed by atoms with van der Waals surface area (Å²) < 4.78 is 30.2. The molecule has 0 aliphatic rings. The lowest BCUT2D eigenvalue weighted by Crippen LogP contribution is -2.50. The van der Waals surface area contributed by atoms with Crippen LogP contribution in [-0.2, 0) is 20.8 Å². The summed E-state index contributed by atoms with van der Waals surface area (Å²) in [7, 11) is 0. The second-order valence-corrected chi connectivity index (χ2v) is 12.1. The molecule has 0 aromatic heterocycles. The number of benzene rings is 3. The summed E-state index contributed by atoms with van der Waals surface area (Å²) in [5.41, 5.74) is 1.73. The van der Waals surface area contributed by atoms with Crippen LogP contribution in [0.25, 0.3) is 0 Å². The molecule has 8 nitrogen and oxygen atoms in total. The number of amides is 3. The SMILES string of the molecule is CC(=O)NCCCN(C(C)=O)[C@@H](CCc1ccccc1)C(=O)NCCCNCC(C)Oc1ccccc1.CCCC.Cc1cc(F)cc(F)c1. The zero-order valence-corrected chi connectivity index (χ0v) is 30.8. The number of unbranched alkanes of at least 4 members (excludes halogenated alkanes) is 1. The number of para-hydroxylation sites is 1. The molecule has 0 saturated heterocycles. The van der Waals surface area contributed by atoms with Gasteiger partial charge in [-0.3, -0.25) is 14.4 Å². The van der Waals surface area contributed by atoms with Crippen LogP contribution in [0.1, 0.15) is 77.8 Å². The van der Waals surface area contributed by atoms with Gasteiger partial charge in [-0.05, 0) is 81.5 Å². The summed E-state index contributed by atoms with van der Waals surface area (Å²) in [5.74, 6) is -0.600. The van der Waals surface area contributed by atoms with Crippen molar-refractivity contribution in [2.75, 3.05) is 32.7 Å². The van der Waals surface area contributed by atoms with Crippen molar-refractivity contribution in [2.24, 2.45) is 0 Å². The molecule has 0 bridgehead atoms. The van der Waals surface area contributed by atoms with Gasteiger partial charge in [0.1, 0.15) is 29.5 Å². The number of ether oxygens (including phenoxy) is 1. The normalized spacial score (nSPS) is 11.4. The summed E-state index contributed by atoms with van der Waals surface area (Å²) in [6, 6.07) is 22.5. The first-order valence-electron chi connectivity index (χ1n) is 17.6. The van der Waals surface area contributed by atoms with Gasteiger partial charge in [-0.25, -0.2) is 8.78 Å². The lowest BCUT2D eigenvalue weighted by molar-refractivity contribution is -0.139. The Morgan fingerprint density at radius 3 is 1.92 bits per heavy atom. The highest BCUT2D eigenvalue weighted by molar-refractivity contribution is 5.86. The quantitative estimate of drug-likeness (QED) is 0.124. The van der Waals surface area contributed by atoms with Gasteiger partial charge in [0.25, 0.3) is 0 Å². The van der Waals surface area contributed by atoms with Crippen molar-refractivity contribution in [3.63, 3.8) is 0 Å². The second-order valence-electron chi connectivity index (χ2n) is 12.1. The Morgan fingerprint density at radius 1 is 0.800 bits per heavy atom. The molecule has 1 unspecified atom stereocenters. The van der Waals surface area contributed by atoms with E-state index in [0.717, 1.165) is 30.3 Å². The number of nitrogens with zero attached hydrogens (tertiary/aromatic N) is 1. The molecule has 3 rings (SSSR count). The van der Waals surface area contributed by atoms with Crippen LogP contribution in [0.2, 0.25) is 0 Å². The van der Waals surface area contributed by atoms with Crippen molar-refractivity contribution in [1.82, 2.24) is 20.9 Å². The average Bonchev–Trinajstić information content (AvgIpc) is 3.07. The van der Waals surface area contributed by atoms with Crippen LogP contribution in [0.4, 0.5) is 8.78 Å². The Labute approximate surface area is 298 Å². The van der Waals surface area contributed by atoms with Crippen LogP contribution in [-0.4, -0.2) is 67.5 Å². The molecule has 3 amide bonds. The van der Waals surface area contributed by atoms with Gasteiger partial charge in [0, 0.05) is 46.1 Å². The highest BCUT2D eigenvalue weighted by Crippen LogP contribution is 2.13. The van der Waals surface area contributed by atoms with E-state index in [-0.39, 0.29) is 23.8 Å². The Kier molecular flexibility index (Phi) is 23.2. The van der Waals surface area contributed by atoms with Crippen molar-refractivity contribution in [1.29, 1.82) is 0 Å². The number of rotatable bonds is 18. The molecule has 0 aliphatic carbocycles. The van der Waals surface area contributed by atoms with Crippen LogP contribution in [0.15, 0.2) is 78.9 Å². The van der Waals surface area contributed by atoms with E-state index < -0.39 is 17.7 Å². The van der Waals surface area contributed by atoms with Gasteiger partial charge in [-0.15, -0.1) is 0 Å². The van der Waals surface area contributed by atoms with Crippen LogP contribution in [0, 0.1) is 18.6 Å². The minimum Gasteiger partial charge on any atom is -0.489 e. The molecule has 3 N–H and O–H groups in total. The van der Waals surface area contributed by atoms with Crippen LogP contribution in [0.3, 0.4) is 0 Å². The zero-order chi connectivity index (χ0) is 37.1. The minimum absolute atomic E-state index is 0.0287. The lowest BCUT2D eigenvalue weighted by Gasteiger charge is -2.30. The van der Waals surface area contributed by atoms with Crippen molar-refractivity contribution >= 4 is 17.7 Å². The van der Waals surface area contributed by atoms with E-state index in [1.54, 1.807) is 11.8 Å². The van der Waals surface area contributed by atoms with Crippen molar-refractivity contribution < 1.29 is 27.9 Å². The van der Waals surface area contributed by atoms with Gasteiger partial charge in [0.05, 0.1) is 0 Å². The number of carbonyl (C=O) groups excluding carboxylic acids is 3. The van der Waals surface area contributed by atoms with E-state index in [4.69, 9.17) is 4.74 Å². The van der Waals surface area contributed by atoms with Crippen LogP contribution >= 0.6 is 0 Å². The smallest absolute Gasteiger partial charge is 0.242 e. The van der Waals surface area contributed by atoms with Gasteiger partial charge in [0.2, 0.25) is 17.7 Å². The van der Waals surface area contributed by atoms with E-state index in [9.17, 15) is 23.2 Å². The monoisotopic (exact) mass is 696 g/mol. The maximum absolute atomic E-state index is 13.2. The summed E-state index contributed by atoms with van der Waals surface area (Å²) in [6.07, 6.45) is 5.23. The molecule has 0 saturated carbocycles. The van der Waals surface area contributed by atoms with E-state index in [0.29, 0.717) is 51.0 Å². The molecule has 3 aromatic carbocycles. The second kappa shape index (κ2) is 26.5. The molecule has 10 heteroatoms. The van der Waals surface area contributed by atoms with Gasteiger partial charge in [0.15, 0.2) is 0 Å². The van der Waals surface area contributed by atoms with Crippen molar-refractivity contribution in [3.8, 4) is 5.75 Å². The number of halogens is 2. The minimum atomic E-state index is -0.567. The summed E-state index contributed by atoms with van der Waals surface area (Å²) in [4.78, 5) is 38.5. The highest BCUT2D eigenvalue weighted by Gasteiger charge is 2.27. The summed E-state index contributed by atoms with van der Waals surface area (Å²) in [5, 5.41) is 9.13. The predicted octanol–water partition coefficient (Wildman–Crippen LogP) is 7.01. The van der Waals surface area contributed by atoms with Gasteiger partial charge in [-0.2, -0.15) is 0 Å². The Hall–Kier alpha value is -4.31. The molecule has 0 fully saturated rings. The lowest BCUT2D eigenvalue weighted by atomic mass is 10.0. The third kappa shape index (κ3) is 20.9. The maximum Gasteiger partial charge on any atom is 0.242 e. The number of hydrogen-bond acceptors (Lipinski definition) is 5. The number of carbonyl (C=O) groups is 3. The van der Waals surface area contributed by atoms with Gasteiger partial charge >= 0.3 is 0 Å². The van der Waals surface area contributed by atoms with E-state index in [2.05, 4.69) is 29.8 Å². The first-order valence-corrected chi connectivity index (χ1v) is 17.6. The molecule has 3 aromatic rings. The fourth-order valence-corrected chi connectivity index (χ4v) is 4.74. The Morgan fingerprint density at radius 2 is 1.38 bits per heavy atom. The zero-order valence-electron chi connectivity index (χ0n) is 30.8. The molecule has 2 atom stereocenters. The Bertz CT molecular complexity index is 1310. The van der Waals surface area contributed by atoms with Gasteiger partial charge in [-0.1, -0.05) is 75.2 Å². The Balaban J connectivity index is 0.000000802. The van der Waals surface area contributed by atoms with Crippen molar-refractivity contribution in [3.05, 3.63) is 102 Å². The van der Waals surface area contributed by atoms with Crippen molar-refractivity contribution in [2.45, 2.75) is 92.2 Å². The van der Waals surface area contributed by atoms with E-state index in [1.807, 2.05) is 67.6 Å². The van der Waals surface area contributed by atoms with Crippen LogP contribution in [0.5, 0.6) is 5.75 Å². The van der Waals surface area contributed by atoms with Crippen LogP contribution < -0.4 is 20.7 Å². The fraction of sp³-hybridized carbons (Fsp3) is 0.475. The molecule has 0 heterocycles. The largest absolute Gasteiger partial charge is 0.489 e. The number of aryl methyl sites for hydroxylation is 2. The first-order chi connectivity index (χ1) is 24.0. The fourth-order valence-electron chi connectivity index (χ4n) is 4.74. The molecular weight excluding hydrogens is 638 g/mol. The molecule has 0 spiro atoms. The maximum atomic E-state index is 13.2. The number of nitrogens with one attached hydrogen (secondary N) is 3. The van der Waals surface area contributed by atoms with E-state index in [1.165, 1.54) is 38.8 Å². The van der Waals surface area contributed by atoms with Gasteiger partial charge < -0.3 is 25.6 Å². The third-order valence-electron chi connectivity index (χ3n) is 7.43. The first kappa shape index (κ1) is 43.7. The molecule has 0 aliphatic heterocycles. The number of hydrogen-bond donors (Lipinski definition) is 3. The average molecular weight is 697 g/mol. The topological polar surface area (TPSA) is 99.8 Å². The molecule has 50 heavy (non-hydrogen) atoms. The summed E-state index contributed by atoms with van der Waals surface area (Å²) in [6.45, 7) is 13.8. The third-order valence-corrected chi connectivity index (χ3v) is 7.43. The molecule has 276 valence electrons. The molecular formula is C40H58F2N4O4. The summed E-state index contributed by atoms with van der Waals surface area (Å²) >= 11 is 0. The standard InChI is InChI=1S/C29H42N4O4.C7H6F2.C4H10/c1-23(37-27-14-8-5-9-15-27)22-30-18-10-19-32-29(36)28(17-16-26-12-6-4-7-13-26)33(25(3)35)21-11-20-31-24(2)34;1-5-2-6(8)4-7(9)3-5;1-3-4-2/h4-9,12-15,23,28,30H,10-11,16-22H2,1-3H3,(H,31,34)(H,32,36);2-4H,1H3;3-4H2,1-2H3/t23?,28-;;/m0../s1. The van der Waals surface area contributed by atoms with E-state index >= 15 is 0 Å².